The van der Waals surface area contributed by atoms with Gasteiger partial charge in [0, 0.05) is 38.8 Å². The number of ether oxygens (including phenoxy) is 1. The van der Waals surface area contributed by atoms with Crippen molar-refractivity contribution in [2.75, 3.05) is 39.3 Å². The van der Waals surface area contributed by atoms with E-state index in [1.807, 2.05) is 24.3 Å². The van der Waals surface area contributed by atoms with Gasteiger partial charge in [-0.3, -0.25) is 4.90 Å². The molecule has 1 aromatic rings. The molecule has 1 aliphatic rings. The lowest BCUT2D eigenvalue weighted by molar-refractivity contribution is 0.0843. The SMILES string of the molecule is CCN1CCN(CCCOc2ccc(CN)cc2)CC1C. The second kappa shape index (κ2) is 8.37. The van der Waals surface area contributed by atoms with Crippen LogP contribution in [0.5, 0.6) is 5.75 Å². The smallest absolute Gasteiger partial charge is 0.119 e. The zero-order valence-corrected chi connectivity index (χ0v) is 13.4. The fourth-order valence-electron chi connectivity index (χ4n) is 2.94. The van der Waals surface area contributed by atoms with E-state index in [4.69, 9.17) is 10.5 Å². The normalized spacial score (nSPS) is 20.6. The molecule has 0 aromatic heterocycles. The van der Waals surface area contributed by atoms with E-state index in [0.29, 0.717) is 12.6 Å². The largest absolute Gasteiger partial charge is 0.494 e. The third-order valence-corrected chi connectivity index (χ3v) is 4.30. The molecule has 0 amide bonds. The van der Waals surface area contributed by atoms with Crippen LogP contribution in [0.15, 0.2) is 24.3 Å². The fraction of sp³-hybridized carbons (Fsp3) is 0.647. The predicted octanol–water partition coefficient (Wildman–Crippen LogP) is 1.94. The molecule has 21 heavy (non-hydrogen) atoms. The number of hydrogen-bond donors (Lipinski definition) is 1. The van der Waals surface area contributed by atoms with Gasteiger partial charge in [0.25, 0.3) is 0 Å². The van der Waals surface area contributed by atoms with Gasteiger partial charge in [-0.25, -0.2) is 0 Å². The second-order valence-electron chi connectivity index (χ2n) is 5.83. The Labute approximate surface area is 128 Å². The summed E-state index contributed by atoms with van der Waals surface area (Å²) >= 11 is 0. The molecule has 1 saturated heterocycles. The lowest BCUT2D eigenvalue weighted by atomic mass is 10.2. The highest BCUT2D eigenvalue weighted by Gasteiger charge is 2.21. The minimum Gasteiger partial charge on any atom is -0.494 e. The zero-order chi connectivity index (χ0) is 15.1. The molecule has 0 aliphatic carbocycles. The van der Waals surface area contributed by atoms with Gasteiger partial charge >= 0.3 is 0 Å². The van der Waals surface area contributed by atoms with Crippen molar-refractivity contribution in [3.8, 4) is 5.75 Å². The molecule has 0 spiro atoms. The summed E-state index contributed by atoms with van der Waals surface area (Å²) in [6.45, 7) is 11.8. The number of likely N-dealkylation sites (N-methyl/N-ethyl adjacent to an activating group) is 1. The van der Waals surface area contributed by atoms with Gasteiger partial charge in [-0.2, -0.15) is 0 Å². The first-order valence-corrected chi connectivity index (χ1v) is 8.11. The lowest BCUT2D eigenvalue weighted by Crippen LogP contribution is -2.51. The van der Waals surface area contributed by atoms with Crippen molar-refractivity contribution < 1.29 is 4.74 Å². The molecule has 1 atom stereocenters. The molecule has 2 rings (SSSR count). The Kier molecular flexibility index (Phi) is 6.49. The Bertz CT molecular complexity index is 407. The van der Waals surface area contributed by atoms with Crippen LogP contribution in [-0.4, -0.2) is 55.2 Å². The maximum atomic E-state index is 5.79. The van der Waals surface area contributed by atoms with Gasteiger partial charge < -0.3 is 15.4 Å². The van der Waals surface area contributed by atoms with Gasteiger partial charge in [0.2, 0.25) is 0 Å². The molecule has 4 heteroatoms. The van der Waals surface area contributed by atoms with Crippen LogP contribution < -0.4 is 10.5 Å². The Morgan fingerprint density at radius 2 is 2.00 bits per heavy atom. The summed E-state index contributed by atoms with van der Waals surface area (Å²) in [4.78, 5) is 5.10. The summed E-state index contributed by atoms with van der Waals surface area (Å²) in [5.74, 6) is 0.941. The molecule has 1 aromatic carbocycles. The first kappa shape index (κ1) is 16.3. The maximum absolute atomic E-state index is 5.79. The summed E-state index contributed by atoms with van der Waals surface area (Å²) < 4.78 is 5.79. The van der Waals surface area contributed by atoms with Gasteiger partial charge in [0.05, 0.1) is 6.61 Å². The third-order valence-electron chi connectivity index (χ3n) is 4.30. The molecule has 0 radical (unpaired) electrons. The molecule has 4 nitrogen and oxygen atoms in total. The first-order valence-electron chi connectivity index (χ1n) is 8.11. The number of hydrogen-bond acceptors (Lipinski definition) is 4. The average molecular weight is 291 g/mol. The van der Waals surface area contributed by atoms with Gasteiger partial charge in [0.1, 0.15) is 5.75 Å². The van der Waals surface area contributed by atoms with Crippen molar-refractivity contribution >= 4 is 0 Å². The summed E-state index contributed by atoms with van der Waals surface area (Å²) in [6.07, 6.45) is 1.08. The van der Waals surface area contributed by atoms with Crippen molar-refractivity contribution in [3.63, 3.8) is 0 Å². The van der Waals surface area contributed by atoms with E-state index in [1.165, 1.54) is 19.6 Å². The molecular weight excluding hydrogens is 262 g/mol. The summed E-state index contributed by atoms with van der Waals surface area (Å²) in [7, 11) is 0. The maximum Gasteiger partial charge on any atom is 0.119 e. The Hall–Kier alpha value is -1.10. The minimum atomic E-state index is 0.586. The van der Waals surface area contributed by atoms with Crippen molar-refractivity contribution in [3.05, 3.63) is 29.8 Å². The van der Waals surface area contributed by atoms with Crippen LogP contribution in [0.3, 0.4) is 0 Å². The molecule has 2 N–H and O–H groups in total. The van der Waals surface area contributed by atoms with Crippen molar-refractivity contribution in [1.29, 1.82) is 0 Å². The van der Waals surface area contributed by atoms with Crippen LogP contribution in [0, 0.1) is 0 Å². The van der Waals surface area contributed by atoms with Crippen molar-refractivity contribution in [2.45, 2.75) is 32.9 Å². The monoisotopic (exact) mass is 291 g/mol. The van der Waals surface area contributed by atoms with E-state index in [9.17, 15) is 0 Å². The topological polar surface area (TPSA) is 41.7 Å². The highest BCUT2D eigenvalue weighted by molar-refractivity contribution is 5.26. The van der Waals surface area contributed by atoms with E-state index < -0.39 is 0 Å². The van der Waals surface area contributed by atoms with E-state index in [0.717, 1.165) is 37.4 Å². The highest BCUT2D eigenvalue weighted by atomic mass is 16.5. The third kappa shape index (κ3) is 4.99. The van der Waals surface area contributed by atoms with Gasteiger partial charge in [0.15, 0.2) is 0 Å². The first-order chi connectivity index (χ1) is 10.2. The molecule has 1 heterocycles. The van der Waals surface area contributed by atoms with Gasteiger partial charge in [-0.05, 0) is 37.6 Å². The number of rotatable bonds is 7. The number of piperazine rings is 1. The van der Waals surface area contributed by atoms with Crippen LogP contribution in [0.1, 0.15) is 25.8 Å². The highest BCUT2D eigenvalue weighted by Crippen LogP contribution is 2.13. The standard InChI is InChI=1S/C17H29N3O/c1-3-20-11-10-19(14-15(20)2)9-4-12-21-17-7-5-16(13-18)6-8-17/h5-8,15H,3-4,9-14,18H2,1-2H3. The van der Waals surface area contributed by atoms with E-state index in [2.05, 4.69) is 23.6 Å². The number of nitrogens with two attached hydrogens (primary N) is 1. The van der Waals surface area contributed by atoms with Crippen LogP contribution in [0.2, 0.25) is 0 Å². The molecule has 0 bridgehead atoms. The van der Waals surface area contributed by atoms with E-state index >= 15 is 0 Å². The second-order valence-corrected chi connectivity index (χ2v) is 5.83. The molecule has 118 valence electrons. The quantitative estimate of drug-likeness (QED) is 0.780. The van der Waals surface area contributed by atoms with Crippen LogP contribution in [0.25, 0.3) is 0 Å². The van der Waals surface area contributed by atoms with Gasteiger partial charge in [-0.1, -0.05) is 19.1 Å². The van der Waals surface area contributed by atoms with E-state index in [1.54, 1.807) is 0 Å². The molecule has 1 aliphatic heterocycles. The molecule has 1 fully saturated rings. The van der Waals surface area contributed by atoms with Crippen LogP contribution in [-0.2, 0) is 6.54 Å². The van der Waals surface area contributed by atoms with Crippen LogP contribution >= 0.6 is 0 Å². The molecular formula is C17H29N3O. The number of nitrogens with zero attached hydrogens (tertiary/aromatic N) is 2. The van der Waals surface area contributed by atoms with Crippen molar-refractivity contribution in [2.24, 2.45) is 5.73 Å². The summed E-state index contributed by atoms with van der Waals surface area (Å²) in [6, 6.07) is 8.74. The molecule has 1 unspecified atom stereocenters. The lowest BCUT2D eigenvalue weighted by Gasteiger charge is -2.39. The predicted molar refractivity (Wildman–Crippen MR) is 87.6 cm³/mol. The Balaban J connectivity index is 1.63. The van der Waals surface area contributed by atoms with Crippen LogP contribution in [0.4, 0.5) is 0 Å². The zero-order valence-electron chi connectivity index (χ0n) is 13.4. The van der Waals surface area contributed by atoms with Crippen molar-refractivity contribution in [1.82, 2.24) is 9.80 Å². The van der Waals surface area contributed by atoms with Gasteiger partial charge in [-0.15, -0.1) is 0 Å². The Morgan fingerprint density at radius 1 is 1.24 bits per heavy atom. The van der Waals surface area contributed by atoms with E-state index in [-0.39, 0.29) is 0 Å². The summed E-state index contributed by atoms with van der Waals surface area (Å²) in [5.41, 5.74) is 6.73. The Morgan fingerprint density at radius 3 is 2.62 bits per heavy atom. The molecule has 0 saturated carbocycles. The fourth-order valence-corrected chi connectivity index (χ4v) is 2.94. The minimum absolute atomic E-state index is 0.586. The average Bonchev–Trinajstić information content (AvgIpc) is 2.52. The number of benzene rings is 1. The summed E-state index contributed by atoms with van der Waals surface area (Å²) in [5, 5.41) is 0.